The summed E-state index contributed by atoms with van der Waals surface area (Å²) in [6.45, 7) is 8.14. The molecule has 216 valence electrons. The highest BCUT2D eigenvalue weighted by Crippen LogP contribution is 2.44. The van der Waals surface area contributed by atoms with E-state index in [2.05, 4.69) is 10.8 Å². The number of benzene rings is 2. The van der Waals surface area contributed by atoms with Gasteiger partial charge in [0.1, 0.15) is 0 Å². The van der Waals surface area contributed by atoms with E-state index in [0.717, 1.165) is 6.42 Å². The molecule has 1 atom stereocenters. The lowest BCUT2D eigenvalue weighted by atomic mass is 10.0. The van der Waals surface area contributed by atoms with Crippen LogP contribution in [0.15, 0.2) is 36.4 Å². The van der Waals surface area contributed by atoms with Gasteiger partial charge in [-0.15, -0.1) is 0 Å². The number of esters is 1. The van der Waals surface area contributed by atoms with E-state index in [9.17, 15) is 23.3 Å². The third-order valence-corrected chi connectivity index (χ3v) is 8.10. The summed E-state index contributed by atoms with van der Waals surface area (Å²) in [5, 5.41) is 9.24. The van der Waals surface area contributed by atoms with Gasteiger partial charge in [0.2, 0.25) is 10.0 Å². The zero-order valence-corrected chi connectivity index (χ0v) is 24.6. The Morgan fingerprint density at radius 1 is 1.07 bits per heavy atom. The van der Waals surface area contributed by atoms with E-state index in [1.807, 2.05) is 13.8 Å². The molecule has 0 unspecified atom stereocenters. The molecule has 1 heterocycles. The van der Waals surface area contributed by atoms with Crippen molar-refractivity contribution in [3.8, 4) is 17.6 Å². The van der Waals surface area contributed by atoms with E-state index in [-0.39, 0.29) is 24.9 Å². The SMILES string of the molecule is CCCSN1C[C@@H](c2cc(OCC)c(OCC)cc2NS(=O)(=O)CC(=O)OCC)N(c2ccc(C#N)cc2)C1=O. The molecule has 1 aliphatic heterocycles. The van der Waals surface area contributed by atoms with Crippen LogP contribution in [0.3, 0.4) is 0 Å². The normalized spacial score (nSPS) is 15.1. The van der Waals surface area contributed by atoms with E-state index >= 15 is 0 Å². The molecular formula is C27H34N4O7S2. The molecule has 0 radical (unpaired) electrons. The van der Waals surface area contributed by atoms with Crippen LogP contribution in [0, 0.1) is 11.3 Å². The molecule has 0 bridgehead atoms. The number of amides is 2. The number of nitrogens with zero attached hydrogens (tertiary/aromatic N) is 3. The maximum atomic E-state index is 13.7. The predicted molar refractivity (Wildman–Crippen MR) is 154 cm³/mol. The van der Waals surface area contributed by atoms with Gasteiger partial charge in [-0.1, -0.05) is 6.92 Å². The van der Waals surface area contributed by atoms with Crippen LogP contribution in [0.1, 0.15) is 51.3 Å². The van der Waals surface area contributed by atoms with Gasteiger partial charge in [0.25, 0.3) is 0 Å². The van der Waals surface area contributed by atoms with Crippen molar-refractivity contribution in [3.05, 3.63) is 47.5 Å². The molecule has 2 aromatic rings. The van der Waals surface area contributed by atoms with Crippen molar-refractivity contribution < 1.29 is 32.2 Å². The molecule has 1 fully saturated rings. The van der Waals surface area contributed by atoms with Crippen LogP contribution in [0.4, 0.5) is 16.2 Å². The second kappa shape index (κ2) is 14.1. The summed E-state index contributed by atoms with van der Waals surface area (Å²) >= 11 is 1.39. The number of hydrogen-bond donors (Lipinski definition) is 1. The van der Waals surface area contributed by atoms with Gasteiger partial charge in [-0.3, -0.25) is 18.7 Å². The largest absolute Gasteiger partial charge is 0.490 e. The number of anilines is 2. The highest BCUT2D eigenvalue weighted by atomic mass is 32.2. The second-order valence-corrected chi connectivity index (χ2v) is 11.5. The maximum absolute atomic E-state index is 13.7. The van der Waals surface area contributed by atoms with Gasteiger partial charge in [-0.05, 0) is 69.5 Å². The Morgan fingerprint density at radius 2 is 1.73 bits per heavy atom. The molecule has 13 heteroatoms. The molecule has 0 aromatic heterocycles. The third-order valence-electron chi connectivity index (χ3n) is 5.75. The lowest BCUT2D eigenvalue weighted by molar-refractivity contribution is -0.139. The van der Waals surface area contributed by atoms with Crippen molar-refractivity contribution in [3.63, 3.8) is 0 Å². The summed E-state index contributed by atoms with van der Waals surface area (Å²) in [6.07, 6.45) is 0.854. The molecule has 3 rings (SSSR count). The molecular weight excluding hydrogens is 556 g/mol. The van der Waals surface area contributed by atoms with Crippen LogP contribution in [0.2, 0.25) is 0 Å². The van der Waals surface area contributed by atoms with Crippen LogP contribution in [-0.2, 0) is 19.6 Å². The fourth-order valence-corrected chi connectivity index (χ4v) is 5.97. The first kappa shape index (κ1) is 30.9. The number of sulfonamides is 1. The highest BCUT2D eigenvalue weighted by molar-refractivity contribution is 7.97. The topological polar surface area (TPSA) is 138 Å². The van der Waals surface area contributed by atoms with E-state index < -0.39 is 27.8 Å². The first-order valence-electron chi connectivity index (χ1n) is 13.0. The fourth-order valence-electron chi connectivity index (χ4n) is 4.14. The summed E-state index contributed by atoms with van der Waals surface area (Å²) < 4.78 is 46.6. The summed E-state index contributed by atoms with van der Waals surface area (Å²) in [5.41, 5.74) is 1.59. The van der Waals surface area contributed by atoms with Crippen molar-refractivity contribution >= 4 is 45.3 Å². The van der Waals surface area contributed by atoms with Gasteiger partial charge in [-0.2, -0.15) is 5.26 Å². The molecule has 0 saturated carbocycles. The molecule has 2 amide bonds. The number of urea groups is 1. The minimum Gasteiger partial charge on any atom is -0.490 e. The van der Waals surface area contributed by atoms with Crippen molar-refractivity contribution in [1.29, 1.82) is 5.26 Å². The number of hydrogen-bond acceptors (Lipinski definition) is 9. The average Bonchev–Trinajstić information content (AvgIpc) is 3.24. The summed E-state index contributed by atoms with van der Waals surface area (Å²) in [7, 11) is -4.18. The quantitative estimate of drug-likeness (QED) is 0.245. The standard InChI is InChI=1S/C27H34N4O7S2/c1-5-13-39-30-17-23(31(27(30)33)20-11-9-19(16-28)10-12-20)21-14-24(36-6-2)25(37-7-3)15-22(21)29-40(34,35)18-26(32)38-8-4/h9-12,14-15,23,29H,5-8,13,17-18H2,1-4H3/t23-/m0/s1. The van der Waals surface area contributed by atoms with E-state index in [0.29, 0.717) is 47.3 Å². The second-order valence-electron chi connectivity index (χ2n) is 8.64. The van der Waals surface area contributed by atoms with Gasteiger partial charge >= 0.3 is 12.0 Å². The Kier molecular flexibility index (Phi) is 10.9. The maximum Gasteiger partial charge on any atom is 0.335 e. The number of nitriles is 1. The number of nitrogens with one attached hydrogen (secondary N) is 1. The van der Waals surface area contributed by atoms with E-state index in [1.165, 1.54) is 18.0 Å². The van der Waals surface area contributed by atoms with Crippen LogP contribution < -0.4 is 19.1 Å². The molecule has 1 aliphatic rings. The van der Waals surface area contributed by atoms with Gasteiger partial charge in [0, 0.05) is 23.1 Å². The molecule has 40 heavy (non-hydrogen) atoms. The van der Waals surface area contributed by atoms with Crippen LogP contribution in [0.5, 0.6) is 11.5 Å². The Bertz CT molecular complexity index is 1340. The summed E-state index contributed by atoms with van der Waals surface area (Å²) in [4.78, 5) is 27.2. The first-order valence-corrected chi connectivity index (χ1v) is 15.6. The Labute approximate surface area is 239 Å². The fraction of sp³-hybridized carbons (Fsp3) is 0.444. The van der Waals surface area contributed by atoms with Gasteiger partial charge < -0.3 is 14.2 Å². The van der Waals surface area contributed by atoms with Crippen molar-refractivity contribution in [2.24, 2.45) is 0 Å². The van der Waals surface area contributed by atoms with Crippen LogP contribution >= 0.6 is 11.9 Å². The Hall–Kier alpha value is -3.63. The lowest BCUT2D eigenvalue weighted by Crippen LogP contribution is -2.31. The number of carbonyl (C=O) groups excluding carboxylic acids is 2. The minimum atomic E-state index is -4.18. The Balaban J connectivity index is 2.17. The first-order chi connectivity index (χ1) is 19.2. The molecule has 0 spiro atoms. The van der Waals surface area contributed by atoms with Crippen LogP contribution in [0.25, 0.3) is 0 Å². The van der Waals surface area contributed by atoms with Crippen LogP contribution in [-0.4, -0.2) is 62.6 Å². The highest BCUT2D eigenvalue weighted by Gasteiger charge is 2.41. The molecule has 1 saturated heterocycles. The lowest BCUT2D eigenvalue weighted by Gasteiger charge is -2.27. The third kappa shape index (κ3) is 7.51. The van der Waals surface area contributed by atoms with E-state index in [4.69, 9.17) is 14.2 Å². The number of rotatable bonds is 14. The summed E-state index contributed by atoms with van der Waals surface area (Å²) in [6, 6.07) is 10.9. The molecule has 0 aliphatic carbocycles. The monoisotopic (exact) mass is 590 g/mol. The Morgan fingerprint density at radius 3 is 2.30 bits per heavy atom. The van der Waals surface area contributed by atoms with Gasteiger partial charge in [-0.25, -0.2) is 13.2 Å². The van der Waals surface area contributed by atoms with Gasteiger partial charge in [0.05, 0.1) is 49.7 Å². The zero-order valence-electron chi connectivity index (χ0n) is 23.0. The van der Waals surface area contributed by atoms with Crippen molar-refractivity contribution in [1.82, 2.24) is 4.31 Å². The minimum absolute atomic E-state index is 0.0478. The number of ether oxygens (including phenoxy) is 3. The number of carbonyl (C=O) groups is 2. The van der Waals surface area contributed by atoms with Gasteiger partial charge in [0.15, 0.2) is 17.3 Å². The van der Waals surface area contributed by atoms with Crippen molar-refractivity contribution in [2.45, 2.75) is 40.2 Å². The van der Waals surface area contributed by atoms with E-state index in [1.54, 1.807) is 53.4 Å². The van der Waals surface area contributed by atoms with Crippen molar-refractivity contribution in [2.75, 3.05) is 47.5 Å². The summed E-state index contributed by atoms with van der Waals surface area (Å²) in [5.74, 6) is -0.344. The molecule has 2 aromatic carbocycles. The smallest absolute Gasteiger partial charge is 0.335 e. The zero-order chi connectivity index (χ0) is 29.3. The predicted octanol–water partition coefficient (Wildman–Crippen LogP) is 4.70. The molecule has 1 N–H and O–H groups in total. The molecule has 11 nitrogen and oxygen atoms in total. The average molecular weight is 591 g/mol.